The third kappa shape index (κ3) is 1.54. The van der Waals surface area contributed by atoms with Crippen LogP contribution in [0.2, 0.25) is 0 Å². The number of imidazole rings is 1. The average Bonchev–Trinajstić information content (AvgIpc) is 2.86. The number of halogens is 1. The molecule has 8 nitrogen and oxygen atoms in total. The highest BCUT2D eigenvalue weighted by Crippen LogP contribution is 2.45. The largest absolute Gasteiger partial charge is 0.396 e. The van der Waals surface area contributed by atoms with Gasteiger partial charge < -0.3 is 20.7 Å². The maximum atomic E-state index is 13.6. The smallest absolute Gasteiger partial charge is 0.183 e. The van der Waals surface area contributed by atoms with E-state index in [1.165, 1.54) is 17.2 Å². The molecule has 3 atom stereocenters. The molecule has 2 aromatic rings. The standard InChI is InChI=1S/C11H14FN5O3/c12-3-11(6(1-18)7(2-19)20-11)17-5-16-10-8(17)9(13)14-4-15-10/h4-7,18-19H,1-3H2,(H2,13,14,15)/t6-,7-,11-/m1/s1. The van der Waals surface area contributed by atoms with Crippen molar-refractivity contribution in [2.45, 2.75) is 11.8 Å². The van der Waals surface area contributed by atoms with Crippen molar-refractivity contribution in [3.05, 3.63) is 12.7 Å². The number of nitrogen functional groups attached to an aromatic ring is 1. The minimum Gasteiger partial charge on any atom is -0.396 e. The number of aromatic nitrogens is 4. The molecular weight excluding hydrogens is 269 g/mol. The van der Waals surface area contributed by atoms with Crippen LogP contribution in [0.1, 0.15) is 0 Å². The summed E-state index contributed by atoms with van der Waals surface area (Å²) in [6.07, 6.45) is 1.99. The maximum Gasteiger partial charge on any atom is 0.183 e. The highest BCUT2D eigenvalue weighted by atomic mass is 19.1. The minimum absolute atomic E-state index is 0.146. The number of aliphatic hydroxyl groups is 2. The highest BCUT2D eigenvalue weighted by Gasteiger charge is 2.57. The molecule has 4 N–H and O–H groups in total. The van der Waals surface area contributed by atoms with Crippen LogP contribution in [0.15, 0.2) is 12.7 Å². The Morgan fingerprint density at radius 3 is 2.80 bits per heavy atom. The zero-order valence-corrected chi connectivity index (χ0v) is 10.5. The SMILES string of the molecule is Nc1ncnc2ncn([C@]3(CF)O[C@H](CO)[C@H]3CO)c12. The summed E-state index contributed by atoms with van der Waals surface area (Å²) in [7, 11) is 0. The van der Waals surface area contributed by atoms with Crippen LogP contribution in [0, 0.1) is 5.92 Å². The average molecular weight is 283 g/mol. The molecule has 1 fully saturated rings. The lowest BCUT2D eigenvalue weighted by atomic mass is 9.84. The van der Waals surface area contributed by atoms with E-state index < -0.39 is 24.4 Å². The number of fused-ring (bicyclic) bond motifs is 1. The lowest BCUT2D eigenvalue weighted by Crippen LogP contribution is -2.64. The predicted octanol–water partition coefficient (Wildman–Crippen LogP) is -0.970. The Balaban J connectivity index is 2.13. The van der Waals surface area contributed by atoms with E-state index in [1.807, 2.05) is 0 Å². The summed E-state index contributed by atoms with van der Waals surface area (Å²) in [6, 6.07) is 0. The van der Waals surface area contributed by atoms with Crippen molar-refractivity contribution in [1.29, 1.82) is 0 Å². The van der Waals surface area contributed by atoms with Gasteiger partial charge in [0.05, 0.1) is 25.2 Å². The summed E-state index contributed by atoms with van der Waals surface area (Å²) in [4.78, 5) is 11.8. The van der Waals surface area contributed by atoms with Crippen molar-refractivity contribution >= 4 is 17.0 Å². The molecule has 2 aromatic heterocycles. The van der Waals surface area contributed by atoms with Gasteiger partial charge in [-0.3, -0.25) is 4.57 Å². The number of nitrogens with zero attached hydrogens (tertiary/aromatic N) is 4. The Hall–Kier alpha value is -1.84. The summed E-state index contributed by atoms with van der Waals surface area (Å²) in [5.74, 6) is -0.456. The fourth-order valence-electron chi connectivity index (χ4n) is 2.67. The molecule has 20 heavy (non-hydrogen) atoms. The molecule has 0 spiro atoms. The van der Waals surface area contributed by atoms with E-state index in [2.05, 4.69) is 15.0 Å². The number of nitrogens with two attached hydrogens (primary N) is 1. The fourth-order valence-corrected chi connectivity index (χ4v) is 2.67. The van der Waals surface area contributed by atoms with Gasteiger partial charge in [0.1, 0.15) is 24.8 Å². The molecule has 1 aliphatic heterocycles. The van der Waals surface area contributed by atoms with Crippen molar-refractivity contribution in [2.75, 3.05) is 25.6 Å². The van der Waals surface area contributed by atoms with E-state index in [1.54, 1.807) is 0 Å². The Labute approximate surface area is 113 Å². The lowest BCUT2D eigenvalue weighted by Gasteiger charge is -2.52. The molecule has 0 radical (unpaired) electrons. The van der Waals surface area contributed by atoms with Gasteiger partial charge in [-0.05, 0) is 0 Å². The van der Waals surface area contributed by atoms with Gasteiger partial charge in [-0.25, -0.2) is 19.3 Å². The third-order valence-electron chi connectivity index (χ3n) is 3.73. The Morgan fingerprint density at radius 2 is 2.15 bits per heavy atom. The number of ether oxygens (including phenoxy) is 1. The molecular formula is C11H14FN5O3. The number of aliphatic hydroxyl groups excluding tert-OH is 2. The van der Waals surface area contributed by atoms with E-state index in [4.69, 9.17) is 15.6 Å². The van der Waals surface area contributed by atoms with Crippen molar-refractivity contribution in [2.24, 2.45) is 5.92 Å². The van der Waals surface area contributed by atoms with Crippen LogP contribution in [-0.2, 0) is 10.5 Å². The first kappa shape index (κ1) is 13.2. The second-order valence-electron chi connectivity index (χ2n) is 4.65. The van der Waals surface area contributed by atoms with Gasteiger partial charge in [0, 0.05) is 0 Å². The van der Waals surface area contributed by atoms with E-state index in [9.17, 15) is 9.50 Å². The number of alkyl halides is 1. The molecule has 0 aliphatic carbocycles. The van der Waals surface area contributed by atoms with Gasteiger partial charge in [-0.1, -0.05) is 0 Å². The molecule has 0 unspecified atom stereocenters. The van der Waals surface area contributed by atoms with Crippen LogP contribution in [0.4, 0.5) is 10.2 Å². The Kier molecular flexibility index (Phi) is 3.04. The molecule has 0 aromatic carbocycles. The molecule has 1 aliphatic rings. The van der Waals surface area contributed by atoms with Crippen molar-refractivity contribution in [1.82, 2.24) is 19.5 Å². The van der Waals surface area contributed by atoms with Crippen molar-refractivity contribution < 1.29 is 19.3 Å². The summed E-state index contributed by atoms with van der Waals surface area (Å²) in [6.45, 7) is -1.53. The first-order valence-corrected chi connectivity index (χ1v) is 6.07. The quantitative estimate of drug-likeness (QED) is 0.660. The van der Waals surface area contributed by atoms with Gasteiger partial charge in [0.15, 0.2) is 17.2 Å². The molecule has 0 amide bonds. The maximum absolute atomic E-state index is 13.6. The first-order chi connectivity index (χ1) is 9.67. The number of hydrogen-bond donors (Lipinski definition) is 3. The van der Waals surface area contributed by atoms with Gasteiger partial charge in [-0.15, -0.1) is 0 Å². The van der Waals surface area contributed by atoms with E-state index >= 15 is 0 Å². The molecule has 9 heteroatoms. The normalized spacial score (nSPS) is 29.6. The Bertz CT molecular complexity index is 636. The molecule has 108 valence electrons. The van der Waals surface area contributed by atoms with Crippen molar-refractivity contribution in [3.8, 4) is 0 Å². The second kappa shape index (κ2) is 4.62. The summed E-state index contributed by atoms with van der Waals surface area (Å²) < 4.78 is 20.5. The molecule has 3 heterocycles. The third-order valence-corrected chi connectivity index (χ3v) is 3.73. The number of rotatable bonds is 4. The minimum atomic E-state index is -1.43. The fraction of sp³-hybridized carbons (Fsp3) is 0.545. The Morgan fingerprint density at radius 1 is 1.35 bits per heavy atom. The topological polar surface area (TPSA) is 119 Å². The van der Waals surface area contributed by atoms with Crippen LogP contribution >= 0.6 is 0 Å². The van der Waals surface area contributed by atoms with Gasteiger partial charge in [0.25, 0.3) is 0 Å². The molecule has 3 rings (SSSR count). The summed E-state index contributed by atoms with van der Waals surface area (Å²) in [5.41, 5.74) is 5.01. The van der Waals surface area contributed by atoms with E-state index in [0.717, 1.165) is 0 Å². The molecule has 0 bridgehead atoms. The second-order valence-corrected chi connectivity index (χ2v) is 4.65. The molecule has 1 saturated heterocycles. The van der Waals surface area contributed by atoms with E-state index in [-0.39, 0.29) is 19.0 Å². The van der Waals surface area contributed by atoms with Crippen LogP contribution in [-0.4, -0.2) is 55.7 Å². The zero-order chi connectivity index (χ0) is 14.3. The monoisotopic (exact) mass is 283 g/mol. The molecule has 0 saturated carbocycles. The van der Waals surface area contributed by atoms with Crippen LogP contribution in [0.3, 0.4) is 0 Å². The summed E-state index contributed by atoms with van der Waals surface area (Å²) >= 11 is 0. The summed E-state index contributed by atoms with van der Waals surface area (Å²) in [5, 5.41) is 18.6. The zero-order valence-electron chi connectivity index (χ0n) is 10.5. The predicted molar refractivity (Wildman–Crippen MR) is 66.2 cm³/mol. The highest BCUT2D eigenvalue weighted by molar-refractivity contribution is 5.81. The van der Waals surface area contributed by atoms with Gasteiger partial charge in [-0.2, -0.15) is 0 Å². The number of anilines is 1. The van der Waals surface area contributed by atoms with Crippen LogP contribution < -0.4 is 5.73 Å². The lowest BCUT2D eigenvalue weighted by molar-refractivity contribution is -0.327. The van der Waals surface area contributed by atoms with Crippen molar-refractivity contribution in [3.63, 3.8) is 0 Å². The van der Waals surface area contributed by atoms with Gasteiger partial charge in [0.2, 0.25) is 0 Å². The van der Waals surface area contributed by atoms with E-state index in [0.29, 0.717) is 11.2 Å². The first-order valence-electron chi connectivity index (χ1n) is 6.07. The van der Waals surface area contributed by atoms with Gasteiger partial charge >= 0.3 is 0 Å². The number of hydrogen-bond acceptors (Lipinski definition) is 7. The van der Waals surface area contributed by atoms with Crippen LogP contribution in [0.5, 0.6) is 0 Å². The van der Waals surface area contributed by atoms with Crippen LogP contribution in [0.25, 0.3) is 11.2 Å².